The predicted molar refractivity (Wildman–Crippen MR) is 72.1 cm³/mol. The molecule has 0 aliphatic carbocycles. The molecular weight excluding hydrogens is 228 g/mol. The van der Waals surface area contributed by atoms with Gasteiger partial charge in [0, 0.05) is 5.54 Å². The van der Waals surface area contributed by atoms with Crippen LogP contribution in [-0.2, 0) is 9.59 Å². The van der Waals surface area contributed by atoms with Crippen LogP contribution in [0.3, 0.4) is 0 Å². The Kier molecular flexibility index (Phi) is 4.08. The van der Waals surface area contributed by atoms with Crippen LogP contribution in [0.15, 0.2) is 0 Å². The molecule has 1 fully saturated rings. The first-order valence-electron chi connectivity index (χ1n) is 6.91. The fraction of sp³-hybridized carbons (Fsp3) is 0.857. The average molecular weight is 254 g/mol. The van der Waals surface area contributed by atoms with Crippen molar-refractivity contribution >= 4 is 11.8 Å². The first-order chi connectivity index (χ1) is 8.25. The first kappa shape index (κ1) is 15.0. The van der Waals surface area contributed by atoms with Crippen LogP contribution in [-0.4, -0.2) is 33.8 Å². The first-order valence-corrected chi connectivity index (χ1v) is 6.91. The van der Waals surface area contributed by atoms with E-state index in [0.717, 1.165) is 6.42 Å². The molecule has 0 radical (unpaired) electrons. The standard InChI is InChI=1S/C14H26N2O2/c1-7-13(5,6)16-10(4)11(17)15-14(8-2,9-3)12(16)18/h10H,7-9H2,1-6H3,(H,15,17). The lowest BCUT2D eigenvalue weighted by atomic mass is 9.84. The summed E-state index contributed by atoms with van der Waals surface area (Å²) < 4.78 is 0. The third-order valence-corrected chi connectivity index (χ3v) is 4.48. The van der Waals surface area contributed by atoms with Crippen molar-refractivity contribution in [2.75, 3.05) is 0 Å². The fourth-order valence-electron chi connectivity index (χ4n) is 2.62. The number of amides is 2. The molecule has 2 amide bonds. The molecule has 1 unspecified atom stereocenters. The summed E-state index contributed by atoms with van der Waals surface area (Å²) in [6.45, 7) is 11.8. The molecule has 1 rings (SSSR count). The summed E-state index contributed by atoms with van der Waals surface area (Å²) in [5, 5.41) is 2.92. The van der Waals surface area contributed by atoms with E-state index < -0.39 is 11.6 Å². The van der Waals surface area contributed by atoms with Crippen molar-refractivity contribution in [3.63, 3.8) is 0 Å². The van der Waals surface area contributed by atoms with Gasteiger partial charge in [0.2, 0.25) is 11.8 Å². The Morgan fingerprint density at radius 3 is 2.11 bits per heavy atom. The van der Waals surface area contributed by atoms with Crippen molar-refractivity contribution in [2.24, 2.45) is 0 Å². The quantitative estimate of drug-likeness (QED) is 0.835. The molecular formula is C14H26N2O2. The molecule has 104 valence electrons. The van der Waals surface area contributed by atoms with Crippen LogP contribution in [0, 0.1) is 0 Å². The highest BCUT2D eigenvalue weighted by atomic mass is 16.2. The number of piperazine rings is 1. The Bertz CT molecular complexity index is 346. The topological polar surface area (TPSA) is 49.4 Å². The van der Waals surface area contributed by atoms with Crippen molar-refractivity contribution in [1.29, 1.82) is 0 Å². The van der Waals surface area contributed by atoms with Gasteiger partial charge in [-0.15, -0.1) is 0 Å². The highest BCUT2D eigenvalue weighted by Crippen LogP contribution is 2.31. The zero-order valence-corrected chi connectivity index (χ0v) is 12.5. The molecule has 0 aromatic carbocycles. The number of carbonyl (C=O) groups is 2. The van der Waals surface area contributed by atoms with E-state index >= 15 is 0 Å². The molecule has 0 bridgehead atoms. The molecule has 18 heavy (non-hydrogen) atoms. The van der Waals surface area contributed by atoms with Crippen molar-refractivity contribution in [3.05, 3.63) is 0 Å². The Morgan fingerprint density at radius 1 is 1.22 bits per heavy atom. The molecule has 0 aromatic rings. The molecule has 1 heterocycles. The van der Waals surface area contributed by atoms with Crippen molar-refractivity contribution in [3.8, 4) is 0 Å². The summed E-state index contributed by atoms with van der Waals surface area (Å²) in [5.74, 6) is 0.0197. The van der Waals surface area contributed by atoms with E-state index in [2.05, 4.69) is 5.32 Å². The Morgan fingerprint density at radius 2 is 1.72 bits per heavy atom. The number of nitrogens with one attached hydrogen (secondary N) is 1. The van der Waals surface area contributed by atoms with E-state index in [1.807, 2.05) is 34.6 Å². The van der Waals surface area contributed by atoms with Crippen LogP contribution in [0.2, 0.25) is 0 Å². The van der Waals surface area contributed by atoms with Gasteiger partial charge in [-0.2, -0.15) is 0 Å². The van der Waals surface area contributed by atoms with Gasteiger partial charge in [-0.1, -0.05) is 20.8 Å². The van der Waals surface area contributed by atoms with E-state index in [4.69, 9.17) is 0 Å². The summed E-state index contributed by atoms with van der Waals surface area (Å²) in [4.78, 5) is 26.7. The summed E-state index contributed by atoms with van der Waals surface area (Å²) in [7, 11) is 0. The molecule has 4 heteroatoms. The van der Waals surface area contributed by atoms with Gasteiger partial charge in [-0.05, 0) is 40.0 Å². The van der Waals surface area contributed by atoms with E-state index in [-0.39, 0.29) is 17.4 Å². The minimum atomic E-state index is -0.712. The third kappa shape index (κ3) is 2.13. The molecule has 1 aliphatic rings. The fourth-order valence-corrected chi connectivity index (χ4v) is 2.62. The smallest absolute Gasteiger partial charge is 0.249 e. The molecule has 0 saturated carbocycles. The zero-order chi connectivity index (χ0) is 14.1. The lowest BCUT2D eigenvalue weighted by Crippen LogP contribution is -2.72. The van der Waals surface area contributed by atoms with Crippen LogP contribution in [0.25, 0.3) is 0 Å². The SMILES string of the molecule is CCC1(CC)NC(=O)C(C)N(C(C)(C)CC)C1=O. The van der Waals surface area contributed by atoms with Crippen LogP contribution >= 0.6 is 0 Å². The average Bonchev–Trinajstić information content (AvgIpc) is 2.34. The zero-order valence-electron chi connectivity index (χ0n) is 12.5. The second kappa shape index (κ2) is 4.90. The summed E-state index contributed by atoms with van der Waals surface area (Å²) in [6, 6.07) is -0.390. The molecule has 1 aliphatic heterocycles. The minimum absolute atomic E-state index is 0.0418. The molecule has 1 atom stereocenters. The van der Waals surface area contributed by atoms with Gasteiger partial charge in [-0.3, -0.25) is 9.59 Å². The molecule has 0 aromatic heterocycles. The van der Waals surface area contributed by atoms with Gasteiger partial charge in [0.05, 0.1) is 0 Å². The van der Waals surface area contributed by atoms with Crippen LogP contribution in [0.4, 0.5) is 0 Å². The van der Waals surface area contributed by atoms with Crippen molar-refractivity contribution in [1.82, 2.24) is 10.2 Å². The monoisotopic (exact) mass is 254 g/mol. The maximum atomic E-state index is 12.8. The largest absolute Gasteiger partial charge is 0.340 e. The summed E-state index contributed by atoms with van der Waals surface area (Å²) in [5.41, 5.74) is -1.00. The summed E-state index contributed by atoms with van der Waals surface area (Å²) in [6.07, 6.45) is 2.11. The number of hydrogen-bond acceptors (Lipinski definition) is 2. The lowest BCUT2D eigenvalue weighted by Gasteiger charge is -2.51. The van der Waals surface area contributed by atoms with E-state index in [9.17, 15) is 9.59 Å². The third-order valence-electron chi connectivity index (χ3n) is 4.48. The molecule has 1 saturated heterocycles. The minimum Gasteiger partial charge on any atom is -0.340 e. The Balaban J connectivity index is 3.23. The van der Waals surface area contributed by atoms with Crippen LogP contribution in [0.1, 0.15) is 60.8 Å². The lowest BCUT2D eigenvalue weighted by molar-refractivity contribution is -0.161. The van der Waals surface area contributed by atoms with Gasteiger partial charge in [0.25, 0.3) is 0 Å². The predicted octanol–water partition coefficient (Wildman–Crippen LogP) is 2.08. The van der Waals surface area contributed by atoms with Crippen LogP contribution in [0.5, 0.6) is 0 Å². The summed E-state index contributed by atoms with van der Waals surface area (Å²) >= 11 is 0. The number of hydrogen-bond donors (Lipinski definition) is 1. The van der Waals surface area contributed by atoms with Gasteiger partial charge < -0.3 is 10.2 Å². The maximum Gasteiger partial charge on any atom is 0.249 e. The number of carbonyl (C=O) groups excluding carboxylic acids is 2. The second-order valence-electron chi connectivity index (χ2n) is 5.80. The van der Waals surface area contributed by atoms with E-state index in [1.165, 1.54) is 0 Å². The van der Waals surface area contributed by atoms with E-state index in [1.54, 1.807) is 11.8 Å². The van der Waals surface area contributed by atoms with Gasteiger partial charge in [0.1, 0.15) is 11.6 Å². The second-order valence-corrected chi connectivity index (χ2v) is 5.80. The molecule has 1 N–H and O–H groups in total. The van der Waals surface area contributed by atoms with Gasteiger partial charge in [-0.25, -0.2) is 0 Å². The van der Waals surface area contributed by atoms with Crippen molar-refractivity contribution < 1.29 is 9.59 Å². The number of nitrogens with zero attached hydrogens (tertiary/aromatic N) is 1. The highest BCUT2D eigenvalue weighted by Gasteiger charge is 2.51. The Hall–Kier alpha value is -1.06. The Labute approximate surface area is 110 Å². The van der Waals surface area contributed by atoms with Gasteiger partial charge >= 0.3 is 0 Å². The molecule has 0 spiro atoms. The highest BCUT2D eigenvalue weighted by molar-refractivity contribution is 6.00. The van der Waals surface area contributed by atoms with Crippen molar-refractivity contribution in [2.45, 2.75) is 77.9 Å². The van der Waals surface area contributed by atoms with E-state index in [0.29, 0.717) is 12.8 Å². The maximum absolute atomic E-state index is 12.8. The normalized spacial score (nSPS) is 24.1. The van der Waals surface area contributed by atoms with Gasteiger partial charge in [0.15, 0.2) is 0 Å². The number of rotatable bonds is 4. The molecule has 4 nitrogen and oxygen atoms in total. The van der Waals surface area contributed by atoms with Crippen LogP contribution < -0.4 is 5.32 Å².